The van der Waals surface area contributed by atoms with E-state index in [-0.39, 0.29) is 11.8 Å². The van der Waals surface area contributed by atoms with Gasteiger partial charge in [-0.2, -0.15) is 5.26 Å². The lowest BCUT2D eigenvalue weighted by molar-refractivity contribution is 0.0785. The smallest absolute Gasteiger partial charge is 0.257 e. The lowest BCUT2D eigenvalue weighted by Crippen LogP contribution is -2.31. The number of carbonyl (C=O) groups excluding carboxylic acids is 1. The van der Waals surface area contributed by atoms with Crippen molar-refractivity contribution < 1.29 is 4.79 Å². The molecule has 1 aromatic rings. The quantitative estimate of drug-likeness (QED) is 0.609. The number of nitrogens with one attached hydrogen (secondary N) is 1. The first-order valence-electron chi connectivity index (χ1n) is 5.58. The molecule has 0 aliphatic rings. The van der Waals surface area contributed by atoms with Crippen LogP contribution in [0.3, 0.4) is 0 Å². The number of aryl methyl sites for hydroxylation is 1. The zero-order valence-corrected chi connectivity index (χ0v) is 10.8. The SMILES string of the molecule is Cc1cc(NN)c(C(=O)N(C)CC(C)C#N)cn1. The van der Waals surface area contributed by atoms with Crippen LogP contribution in [0.4, 0.5) is 5.69 Å². The maximum Gasteiger partial charge on any atom is 0.257 e. The highest BCUT2D eigenvalue weighted by Crippen LogP contribution is 2.16. The van der Waals surface area contributed by atoms with Crippen LogP contribution in [0.5, 0.6) is 0 Å². The number of carbonyl (C=O) groups is 1. The Hall–Kier alpha value is -2.13. The Morgan fingerprint density at radius 3 is 2.94 bits per heavy atom. The van der Waals surface area contributed by atoms with Crippen molar-refractivity contribution in [1.29, 1.82) is 5.26 Å². The molecule has 0 spiro atoms. The van der Waals surface area contributed by atoms with Gasteiger partial charge in [0, 0.05) is 25.5 Å². The van der Waals surface area contributed by atoms with Crippen molar-refractivity contribution in [2.24, 2.45) is 11.8 Å². The highest BCUT2D eigenvalue weighted by Gasteiger charge is 2.17. The zero-order chi connectivity index (χ0) is 13.7. The normalized spacial score (nSPS) is 11.5. The van der Waals surface area contributed by atoms with Gasteiger partial charge in [0.1, 0.15) is 0 Å². The Morgan fingerprint density at radius 2 is 2.39 bits per heavy atom. The lowest BCUT2D eigenvalue weighted by Gasteiger charge is -2.19. The van der Waals surface area contributed by atoms with Crippen molar-refractivity contribution in [2.45, 2.75) is 13.8 Å². The third-order valence-electron chi connectivity index (χ3n) is 2.54. The third kappa shape index (κ3) is 3.18. The third-order valence-corrected chi connectivity index (χ3v) is 2.54. The van der Waals surface area contributed by atoms with Crippen molar-refractivity contribution >= 4 is 11.6 Å². The summed E-state index contributed by atoms with van der Waals surface area (Å²) in [7, 11) is 1.65. The Balaban J connectivity index is 2.93. The number of nitriles is 1. The van der Waals surface area contributed by atoms with E-state index < -0.39 is 0 Å². The van der Waals surface area contributed by atoms with E-state index in [2.05, 4.69) is 16.5 Å². The molecule has 3 N–H and O–H groups in total. The van der Waals surface area contributed by atoms with Gasteiger partial charge in [0.25, 0.3) is 5.91 Å². The van der Waals surface area contributed by atoms with Gasteiger partial charge in [-0.05, 0) is 19.9 Å². The highest BCUT2D eigenvalue weighted by atomic mass is 16.2. The topological polar surface area (TPSA) is 95.0 Å². The number of hydrogen-bond acceptors (Lipinski definition) is 5. The molecule has 1 amide bonds. The molecule has 1 aromatic heterocycles. The number of rotatable bonds is 4. The first kappa shape index (κ1) is 13.9. The van der Waals surface area contributed by atoms with Crippen LogP contribution in [0, 0.1) is 24.2 Å². The number of anilines is 1. The summed E-state index contributed by atoms with van der Waals surface area (Å²) in [4.78, 5) is 17.7. The average Bonchev–Trinajstić information content (AvgIpc) is 2.37. The molecule has 6 heteroatoms. The molecule has 0 aromatic carbocycles. The second-order valence-corrected chi connectivity index (χ2v) is 4.23. The molecule has 1 heterocycles. The van der Waals surface area contributed by atoms with Gasteiger partial charge >= 0.3 is 0 Å². The van der Waals surface area contributed by atoms with E-state index in [1.54, 1.807) is 20.0 Å². The largest absolute Gasteiger partial charge is 0.340 e. The maximum atomic E-state index is 12.2. The molecule has 1 unspecified atom stereocenters. The molecule has 0 aliphatic carbocycles. The summed E-state index contributed by atoms with van der Waals surface area (Å²) in [5, 5.41) is 8.74. The molecule has 96 valence electrons. The Kier molecular flexibility index (Phi) is 4.63. The van der Waals surface area contributed by atoms with E-state index in [9.17, 15) is 4.79 Å². The Morgan fingerprint density at radius 1 is 1.72 bits per heavy atom. The molecule has 1 atom stereocenters. The number of nitrogen functional groups attached to an aromatic ring is 1. The van der Waals surface area contributed by atoms with Gasteiger partial charge in [0.15, 0.2) is 0 Å². The predicted octanol–water partition coefficient (Wildman–Crippen LogP) is 0.907. The number of nitrogens with two attached hydrogens (primary N) is 1. The van der Waals surface area contributed by atoms with E-state index in [0.717, 1.165) is 5.69 Å². The van der Waals surface area contributed by atoms with Gasteiger partial charge in [-0.25, -0.2) is 0 Å². The van der Waals surface area contributed by atoms with Crippen molar-refractivity contribution in [3.63, 3.8) is 0 Å². The molecule has 0 fully saturated rings. The van der Waals surface area contributed by atoms with Crippen molar-refractivity contribution in [3.05, 3.63) is 23.5 Å². The van der Waals surface area contributed by atoms with E-state index >= 15 is 0 Å². The van der Waals surface area contributed by atoms with Gasteiger partial charge in [-0.3, -0.25) is 15.6 Å². The highest BCUT2D eigenvalue weighted by molar-refractivity contribution is 5.99. The summed E-state index contributed by atoms with van der Waals surface area (Å²) in [6, 6.07) is 3.79. The van der Waals surface area contributed by atoms with Crippen LogP contribution in [0.15, 0.2) is 12.3 Å². The number of nitrogens with zero attached hydrogens (tertiary/aromatic N) is 3. The van der Waals surface area contributed by atoms with Gasteiger partial charge in [0.05, 0.1) is 23.2 Å². The summed E-state index contributed by atoms with van der Waals surface area (Å²) >= 11 is 0. The van der Waals surface area contributed by atoms with Crippen LogP contribution in [0.1, 0.15) is 23.0 Å². The second kappa shape index (κ2) is 5.98. The molecule has 18 heavy (non-hydrogen) atoms. The van der Waals surface area contributed by atoms with Crippen LogP contribution in [0.2, 0.25) is 0 Å². The zero-order valence-electron chi connectivity index (χ0n) is 10.8. The molecule has 6 nitrogen and oxygen atoms in total. The van der Waals surface area contributed by atoms with Crippen molar-refractivity contribution in [1.82, 2.24) is 9.88 Å². The minimum atomic E-state index is -0.216. The van der Waals surface area contributed by atoms with Gasteiger partial charge in [0.2, 0.25) is 0 Å². The van der Waals surface area contributed by atoms with Crippen molar-refractivity contribution in [3.8, 4) is 6.07 Å². The van der Waals surface area contributed by atoms with Crippen LogP contribution in [-0.4, -0.2) is 29.4 Å². The molecule has 1 rings (SSSR count). The standard InChI is InChI=1S/C12H17N5O/c1-8(5-13)7-17(3)12(18)10-6-15-9(2)4-11(10)16-14/h4,6,8H,7,14H2,1-3H3,(H,15,16). The second-order valence-electron chi connectivity index (χ2n) is 4.23. The number of hydrogen-bond donors (Lipinski definition) is 2. The number of amides is 1. The van der Waals surface area contributed by atoms with Crippen LogP contribution >= 0.6 is 0 Å². The predicted molar refractivity (Wildman–Crippen MR) is 68.5 cm³/mol. The number of pyridine rings is 1. The monoisotopic (exact) mass is 247 g/mol. The van der Waals surface area contributed by atoms with Crippen LogP contribution in [-0.2, 0) is 0 Å². The van der Waals surface area contributed by atoms with E-state index in [0.29, 0.717) is 17.8 Å². The molecular weight excluding hydrogens is 230 g/mol. The number of hydrazine groups is 1. The van der Waals surface area contributed by atoms with E-state index in [4.69, 9.17) is 11.1 Å². The average molecular weight is 247 g/mol. The maximum absolute atomic E-state index is 12.2. The van der Waals surface area contributed by atoms with Gasteiger partial charge in [-0.1, -0.05) is 0 Å². The van der Waals surface area contributed by atoms with Gasteiger partial charge < -0.3 is 10.3 Å². The fourth-order valence-electron chi connectivity index (χ4n) is 1.59. The lowest BCUT2D eigenvalue weighted by atomic mass is 10.1. The minimum Gasteiger partial charge on any atom is -0.340 e. The van der Waals surface area contributed by atoms with Crippen LogP contribution < -0.4 is 11.3 Å². The molecule has 0 saturated heterocycles. The number of aromatic nitrogens is 1. The Bertz CT molecular complexity index is 480. The Labute approximate surface area is 106 Å². The molecular formula is C12H17N5O. The molecule has 0 saturated carbocycles. The summed E-state index contributed by atoms with van der Waals surface area (Å²) in [5.74, 6) is 4.96. The summed E-state index contributed by atoms with van der Waals surface area (Å²) in [6.45, 7) is 3.95. The molecule has 0 bridgehead atoms. The van der Waals surface area contributed by atoms with Gasteiger partial charge in [-0.15, -0.1) is 0 Å². The summed E-state index contributed by atoms with van der Waals surface area (Å²) < 4.78 is 0. The first-order chi connectivity index (χ1) is 8.49. The van der Waals surface area contributed by atoms with E-state index in [1.807, 2.05) is 6.92 Å². The van der Waals surface area contributed by atoms with E-state index in [1.165, 1.54) is 11.1 Å². The molecule has 0 aliphatic heterocycles. The van der Waals surface area contributed by atoms with Crippen molar-refractivity contribution in [2.75, 3.05) is 19.0 Å². The minimum absolute atomic E-state index is 0.211. The molecule has 0 radical (unpaired) electrons. The first-order valence-corrected chi connectivity index (χ1v) is 5.58. The summed E-state index contributed by atoms with van der Waals surface area (Å²) in [6.07, 6.45) is 1.49. The fraction of sp³-hybridized carbons (Fsp3) is 0.417. The fourth-order valence-corrected chi connectivity index (χ4v) is 1.59. The summed E-state index contributed by atoms with van der Waals surface area (Å²) in [5.41, 5.74) is 4.19. The van der Waals surface area contributed by atoms with Crippen LogP contribution in [0.25, 0.3) is 0 Å².